The predicted molar refractivity (Wildman–Crippen MR) is 110 cm³/mol. The molecule has 0 aliphatic carbocycles. The van der Waals surface area contributed by atoms with Gasteiger partial charge in [-0.1, -0.05) is 68.4 Å². The van der Waals surface area contributed by atoms with Gasteiger partial charge in [-0.15, -0.1) is 10.2 Å². The number of nitrogens with one attached hydrogen (secondary N) is 1. The van der Waals surface area contributed by atoms with Crippen molar-refractivity contribution >= 4 is 5.91 Å². The minimum absolute atomic E-state index is 0.0623. The van der Waals surface area contributed by atoms with E-state index in [0.29, 0.717) is 11.7 Å². The van der Waals surface area contributed by atoms with Crippen LogP contribution in [-0.4, -0.2) is 32.2 Å². The molecule has 0 radical (unpaired) electrons. The van der Waals surface area contributed by atoms with Crippen LogP contribution in [-0.2, 0) is 17.8 Å². The topological polar surface area (TPSA) is 72.7 Å². The fourth-order valence-electron chi connectivity index (χ4n) is 2.99. The summed E-state index contributed by atoms with van der Waals surface area (Å²) < 4.78 is 0. The number of hydrogen-bond acceptors (Lipinski definition) is 4. The summed E-state index contributed by atoms with van der Waals surface area (Å²) >= 11 is 0. The highest BCUT2D eigenvalue weighted by atomic mass is 16.2. The summed E-state index contributed by atoms with van der Waals surface area (Å²) in [5.74, 6) is 0.894. The van der Waals surface area contributed by atoms with Crippen molar-refractivity contribution in [2.45, 2.75) is 52.1 Å². The van der Waals surface area contributed by atoms with Crippen LogP contribution in [0.25, 0.3) is 11.4 Å². The molecule has 1 N–H and O–H groups in total. The second kappa shape index (κ2) is 9.26. The minimum atomic E-state index is -0.111. The number of rotatable bonds is 8. The van der Waals surface area contributed by atoms with Crippen LogP contribution in [0.3, 0.4) is 0 Å². The van der Waals surface area contributed by atoms with Crippen molar-refractivity contribution in [1.82, 2.24) is 25.5 Å². The van der Waals surface area contributed by atoms with Crippen LogP contribution >= 0.6 is 0 Å². The lowest BCUT2D eigenvalue weighted by Gasteiger charge is -2.13. The Morgan fingerprint density at radius 1 is 1.04 bits per heavy atom. The highest BCUT2D eigenvalue weighted by molar-refractivity contribution is 5.75. The molecule has 0 aliphatic heterocycles. The second-order valence-electron chi connectivity index (χ2n) is 7.41. The summed E-state index contributed by atoms with van der Waals surface area (Å²) in [5, 5.41) is 15.4. The number of carbonyl (C=O) groups is 1. The van der Waals surface area contributed by atoms with Crippen molar-refractivity contribution < 1.29 is 4.79 Å². The van der Waals surface area contributed by atoms with Gasteiger partial charge in [-0.05, 0) is 42.0 Å². The Balaban J connectivity index is 1.50. The van der Waals surface area contributed by atoms with Crippen molar-refractivity contribution in [2.75, 3.05) is 0 Å². The molecule has 1 unspecified atom stereocenters. The van der Waals surface area contributed by atoms with Gasteiger partial charge in [0.1, 0.15) is 6.54 Å². The smallest absolute Gasteiger partial charge is 0.243 e. The molecule has 1 aromatic heterocycles. The summed E-state index contributed by atoms with van der Waals surface area (Å²) in [6.07, 6.45) is 1.81. The molecule has 146 valence electrons. The molecular weight excluding hydrogens is 350 g/mol. The SMILES string of the molecule is CC(CCc1ccccc1)NC(=O)Cn1nnc(-c2ccc(C(C)C)cc2)n1. The number of benzene rings is 2. The van der Waals surface area contributed by atoms with Crippen LogP contribution in [0.4, 0.5) is 0 Å². The van der Waals surface area contributed by atoms with E-state index in [1.54, 1.807) is 0 Å². The van der Waals surface area contributed by atoms with E-state index < -0.39 is 0 Å². The lowest BCUT2D eigenvalue weighted by Crippen LogP contribution is -2.35. The first-order chi connectivity index (χ1) is 13.5. The lowest BCUT2D eigenvalue weighted by atomic mass is 10.0. The maximum Gasteiger partial charge on any atom is 0.243 e. The van der Waals surface area contributed by atoms with Gasteiger partial charge < -0.3 is 5.32 Å². The molecule has 0 fully saturated rings. The normalized spacial score (nSPS) is 12.1. The standard InChI is InChI=1S/C22H27N5O/c1-16(2)19-11-13-20(14-12-19)22-24-26-27(25-22)15-21(28)23-17(3)9-10-18-7-5-4-6-8-18/h4-8,11-14,16-17H,9-10,15H2,1-3H3,(H,23,28). The zero-order valence-electron chi connectivity index (χ0n) is 16.7. The number of carbonyl (C=O) groups excluding carboxylic acids is 1. The molecule has 6 heteroatoms. The van der Waals surface area contributed by atoms with E-state index in [-0.39, 0.29) is 18.5 Å². The van der Waals surface area contributed by atoms with E-state index in [0.717, 1.165) is 18.4 Å². The van der Waals surface area contributed by atoms with E-state index in [2.05, 4.69) is 58.8 Å². The number of amides is 1. The molecule has 0 saturated carbocycles. The molecule has 0 spiro atoms. The summed E-state index contributed by atoms with van der Waals surface area (Å²) in [5.41, 5.74) is 3.43. The van der Waals surface area contributed by atoms with Gasteiger partial charge in [0.25, 0.3) is 0 Å². The summed E-state index contributed by atoms with van der Waals surface area (Å²) in [4.78, 5) is 13.6. The van der Waals surface area contributed by atoms with Crippen LogP contribution in [0.15, 0.2) is 54.6 Å². The molecular formula is C22H27N5O. The van der Waals surface area contributed by atoms with Gasteiger partial charge in [0.15, 0.2) is 0 Å². The summed E-state index contributed by atoms with van der Waals surface area (Å²) in [6, 6.07) is 18.5. The van der Waals surface area contributed by atoms with E-state index >= 15 is 0 Å². The quantitative estimate of drug-likeness (QED) is 0.651. The molecule has 28 heavy (non-hydrogen) atoms. The van der Waals surface area contributed by atoms with E-state index in [9.17, 15) is 4.79 Å². The first-order valence-corrected chi connectivity index (χ1v) is 9.72. The Kier molecular flexibility index (Phi) is 6.53. The van der Waals surface area contributed by atoms with Crippen LogP contribution in [0.2, 0.25) is 0 Å². The number of tetrazole rings is 1. The Bertz CT molecular complexity index is 887. The number of aryl methyl sites for hydroxylation is 1. The molecule has 2 aromatic carbocycles. The number of nitrogens with zero attached hydrogens (tertiary/aromatic N) is 4. The third-order valence-electron chi connectivity index (χ3n) is 4.69. The molecule has 0 saturated heterocycles. The van der Waals surface area contributed by atoms with Gasteiger partial charge in [-0.2, -0.15) is 4.80 Å². The molecule has 1 amide bonds. The van der Waals surface area contributed by atoms with E-state index in [1.807, 2.05) is 37.3 Å². The van der Waals surface area contributed by atoms with Gasteiger partial charge in [0, 0.05) is 11.6 Å². The Hall–Kier alpha value is -3.02. The number of aromatic nitrogens is 4. The molecule has 0 bridgehead atoms. The monoisotopic (exact) mass is 377 g/mol. The van der Waals surface area contributed by atoms with Crippen molar-refractivity contribution in [3.63, 3.8) is 0 Å². The highest BCUT2D eigenvalue weighted by Crippen LogP contribution is 2.19. The highest BCUT2D eigenvalue weighted by Gasteiger charge is 2.12. The van der Waals surface area contributed by atoms with Gasteiger partial charge >= 0.3 is 0 Å². The van der Waals surface area contributed by atoms with Crippen LogP contribution in [0, 0.1) is 0 Å². The van der Waals surface area contributed by atoms with Crippen molar-refractivity contribution in [1.29, 1.82) is 0 Å². The minimum Gasteiger partial charge on any atom is -0.352 e. The van der Waals surface area contributed by atoms with E-state index in [1.165, 1.54) is 15.9 Å². The first kappa shape index (κ1) is 19.7. The summed E-state index contributed by atoms with van der Waals surface area (Å²) in [6.45, 7) is 6.38. The molecule has 6 nitrogen and oxygen atoms in total. The van der Waals surface area contributed by atoms with Gasteiger partial charge in [-0.25, -0.2) is 0 Å². The molecule has 3 rings (SSSR count). The van der Waals surface area contributed by atoms with Crippen molar-refractivity contribution in [3.05, 3.63) is 65.7 Å². The largest absolute Gasteiger partial charge is 0.352 e. The van der Waals surface area contributed by atoms with Gasteiger partial charge in [-0.3, -0.25) is 4.79 Å². The maximum absolute atomic E-state index is 12.3. The Morgan fingerprint density at radius 2 is 1.75 bits per heavy atom. The zero-order valence-corrected chi connectivity index (χ0v) is 16.7. The number of hydrogen-bond donors (Lipinski definition) is 1. The molecule has 1 heterocycles. The van der Waals surface area contributed by atoms with Crippen molar-refractivity contribution in [2.24, 2.45) is 0 Å². The Morgan fingerprint density at radius 3 is 2.43 bits per heavy atom. The lowest BCUT2D eigenvalue weighted by molar-refractivity contribution is -0.122. The first-order valence-electron chi connectivity index (χ1n) is 9.72. The fraction of sp³-hybridized carbons (Fsp3) is 0.364. The summed E-state index contributed by atoms with van der Waals surface area (Å²) in [7, 11) is 0. The third-order valence-corrected chi connectivity index (χ3v) is 4.69. The molecule has 3 aromatic rings. The molecule has 0 aliphatic rings. The fourth-order valence-corrected chi connectivity index (χ4v) is 2.99. The molecule has 1 atom stereocenters. The van der Waals surface area contributed by atoms with Crippen LogP contribution in [0.5, 0.6) is 0 Å². The van der Waals surface area contributed by atoms with E-state index in [4.69, 9.17) is 0 Å². The van der Waals surface area contributed by atoms with Gasteiger partial charge in [0.2, 0.25) is 11.7 Å². The Labute approximate surface area is 166 Å². The third kappa shape index (κ3) is 5.49. The second-order valence-corrected chi connectivity index (χ2v) is 7.41. The van der Waals surface area contributed by atoms with Crippen LogP contribution < -0.4 is 5.32 Å². The van der Waals surface area contributed by atoms with Gasteiger partial charge in [0.05, 0.1) is 0 Å². The van der Waals surface area contributed by atoms with Crippen molar-refractivity contribution in [3.8, 4) is 11.4 Å². The zero-order chi connectivity index (χ0) is 19.9. The van der Waals surface area contributed by atoms with Crippen LogP contribution in [0.1, 0.15) is 44.2 Å². The average Bonchev–Trinajstić information content (AvgIpc) is 3.15. The average molecular weight is 377 g/mol. The predicted octanol–water partition coefficient (Wildman–Crippen LogP) is 3.60. The maximum atomic E-state index is 12.3.